The molecule has 2 aromatic rings. The molecule has 1 aromatic heterocycles. The van der Waals surface area contributed by atoms with E-state index < -0.39 is 5.82 Å². The van der Waals surface area contributed by atoms with E-state index in [1.807, 2.05) is 18.2 Å². The van der Waals surface area contributed by atoms with Crippen LogP contribution >= 0.6 is 0 Å². The molecule has 0 aliphatic heterocycles. The number of hydrogen-bond donors (Lipinski definition) is 0. The maximum atomic E-state index is 13.9. The van der Waals surface area contributed by atoms with Gasteiger partial charge in [0.25, 0.3) is 0 Å². The second-order valence-electron chi connectivity index (χ2n) is 5.21. The molecular formula is C17H15F2N. The lowest BCUT2D eigenvalue weighted by molar-refractivity contribution is 0.595. The van der Waals surface area contributed by atoms with Crippen molar-refractivity contribution in [3.63, 3.8) is 0 Å². The molecule has 0 bridgehead atoms. The lowest BCUT2D eigenvalue weighted by atomic mass is 9.97. The van der Waals surface area contributed by atoms with E-state index in [4.69, 9.17) is 0 Å². The second kappa shape index (κ2) is 5.16. The Labute approximate surface area is 117 Å². The van der Waals surface area contributed by atoms with Crippen molar-refractivity contribution in [3.05, 3.63) is 65.0 Å². The SMILES string of the molecule is CC1CCC(c2cc(F)ccc2F)=Cc2cccnc21. The van der Waals surface area contributed by atoms with Crippen molar-refractivity contribution in [2.75, 3.05) is 0 Å². The van der Waals surface area contributed by atoms with Crippen molar-refractivity contribution in [2.45, 2.75) is 25.7 Å². The summed E-state index contributed by atoms with van der Waals surface area (Å²) in [6.07, 6.45) is 5.31. The summed E-state index contributed by atoms with van der Waals surface area (Å²) in [5.41, 5.74) is 3.21. The van der Waals surface area contributed by atoms with Gasteiger partial charge in [-0.15, -0.1) is 0 Å². The lowest BCUT2D eigenvalue weighted by Crippen LogP contribution is -1.97. The molecule has 1 nitrogen and oxygen atoms in total. The Morgan fingerprint density at radius 1 is 1.20 bits per heavy atom. The van der Waals surface area contributed by atoms with E-state index in [1.165, 1.54) is 12.1 Å². The van der Waals surface area contributed by atoms with E-state index in [9.17, 15) is 8.78 Å². The van der Waals surface area contributed by atoms with Crippen LogP contribution in [0, 0.1) is 11.6 Å². The highest BCUT2D eigenvalue weighted by Gasteiger charge is 2.18. The molecule has 0 radical (unpaired) electrons. The Kier molecular flexibility index (Phi) is 3.35. The number of benzene rings is 1. The van der Waals surface area contributed by atoms with E-state index in [0.29, 0.717) is 11.5 Å². The summed E-state index contributed by atoms with van der Waals surface area (Å²) >= 11 is 0. The lowest BCUT2D eigenvalue weighted by Gasteiger charge is -2.10. The first-order valence-electron chi connectivity index (χ1n) is 6.76. The van der Waals surface area contributed by atoms with Crippen LogP contribution in [0.25, 0.3) is 11.6 Å². The van der Waals surface area contributed by atoms with Crippen molar-refractivity contribution >= 4 is 11.6 Å². The van der Waals surface area contributed by atoms with E-state index in [1.54, 1.807) is 6.20 Å². The summed E-state index contributed by atoms with van der Waals surface area (Å²) in [4.78, 5) is 4.42. The smallest absolute Gasteiger partial charge is 0.130 e. The summed E-state index contributed by atoms with van der Waals surface area (Å²) in [7, 11) is 0. The molecule has 3 heteroatoms. The topological polar surface area (TPSA) is 12.9 Å². The number of rotatable bonds is 1. The molecule has 0 N–H and O–H groups in total. The van der Waals surface area contributed by atoms with E-state index in [-0.39, 0.29) is 5.82 Å². The summed E-state index contributed by atoms with van der Waals surface area (Å²) in [6.45, 7) is 2.12. The number of pyridine rings is 1. The largest absolute Gasteiger partial charge is 0.260 e. The monoisotopic (exact) mass is 271 g/mol. The average Bonchev–Trinajstić information content (AvgIpc) is 2.62. The first kappa shape index (κ1) is 13.0. The van der Waals surface area contributed by atoms with E-state index >= 15 is 0 Å². The predicted molar refractivity (Wildman–Crippen MR) is 76.1 cm³/mol. The summed E-state index contributed by atoms with van der Waals surface area (Å²) in [5, 5.41) is 0. The van der Waals surface area contributed by atoms with Crippen LogP contribution in [-0.4, -0.2) is 4.98 Å². The van der Waals surface area contributed by atoms with Crippen LogP contribution in [0.2, 0.25) is 0 Å². The van der Waals surface area contributed by atoms with Gasteiger partial charge in [0.15, 0.2) is 0 Å². The number of nitrogens with zero attached hydrogens (tertiary/aromatic N) is 1. The fraction of sp³-hybridized carbons (Fsp3) is 0.235. The third kappa shape index (κ3) is 2.36. The molecule has 1 aromatic carbocycles. The molecule has 3 rings (SSSR count). The molecule has 0 amide bonds. The Morgan fingerprint density at radius 2 is 2.05 bits per heavy atom. The molecule has 1 aliphatic rings. The Morgan fingerprint density at radius 3 is 2.90 bits per heavy atom. The standard InChI is InChI=1S/C17H15F2N/c1-11-4-5-12(9-13-3-2-8-20-17(11)13)15-10-14(18)6-7-16(15)19/h2-3,6-11H,4-5H2,1H3. The minimum atomic E-state index is -0.411. The van der Waals surface area contributed by atoms with Gasteiger partial charge in [-0.2, -0.15) is 0 Å². The first-order valence-corrected chi connectivity index (χ1v) is 6.76. The Hall–Kier alpha value is -2.03. The van der Waals surface area contributed by atoms with Gasteiger partial charge in [-0.25, -0.2) is 8.78 Å². The van der Waals surface area contributed by atoms with Gasteiger partial charge in [-0.3, -0.25) is 4.98 Å². The van der Waals surface area contributed by atoms with E-state index in [2.05, 4.69) is 11.9 Å². The van der Waals surface area contributed by atoms with Crippen LogP contribution in [0.5, 0.6) is 0 Å². The van der Waals surface area contributed by atoms with Crippen molar-refractivity contribution < 1.29 is 8.78 Å². The van der Waals surface area contributed by atoms with Crippen LogP contribution in [0.3, 0.4) is 0 Å². The number of fused-ring (bicyclic) bond motifs is 1. The van der Waals surface area contributed by atoms with E-state index in [0.717, 1.165) is 35.7 Å². The van der Waals surface area contributed by atoms with Crippen molar-refractivity contribution in [3.8, 4) is 0 Å². The molecule has 102 valence electrons. The minimum Gasteiger partial charge on any atom is -0.260 e. The molecule has 1 unspecified atom stereocenters. The van der Waals surface area contributed by atoms with Gasteiger partial charge >= 0.3 is 0 Å². The third-order valence-electron chi connectivity index (χ3n) is 3.79. The number of hydrogen-bond acceptors (Lipinski definition) is 1. The van der Waals surface area contributed by atoms with Gasteiger partial charge < -0.3 is 0 Å². The van der Waals surface area contributed by atoms with Crippen LogP contribution in [0.15, 0.2) is 36.5 Å². The molecule has 0 saturated carbocycles. The van der Waals surface area contributed by atoms with Gasteiger partial charge in [0.05, 0.1) is 5.69 Å². The molecule has 0 saturated heterocycles. The quantitative estimate of drug-likeness (QED) is 0.726. The minimum absolute atomic E-state index is 0.316. The normalized spacial score (nSPS) is 18.1. The molecule has 0 spiro atoms. The van der Waals surface area contributed by atoms with Crippen LogP contribution < -0.4 is 0 Å². The van der Waals surface area contributed by atoms with Crippen molar-refractivity contribution in [2.24, 2.45) is 0 Å². The first-order chi connectivity index (χ1) is 9.65. The van der Waals surface area contributed by atoms with Crippen molar-refractivity contribution in [1.82, 2.24) is 4.98 Å². The summed E-state index contributed by atoms with van der Waals surface area (Å²) in [6, 6.07) is 7.44. The molecular weight excluding hydrogens is 256 g/mol. The summed E-state index contributed by atoms with van der Waals surface area (Å²) < 4.78 is 27.3. The van der Waals surface area contributed by atoms with Gasteiger partial charge in [0.1, 0.15) is 11.6 Å². The summed E-state index contributed by atoms with van der Waals surface area (Å²) in [5.74, 6) is -0.472. The van der Waals surface area contributed by atoms with Crippen LogP contribution in [-0.2, 0) is 0 Å². The molecule has 1 atom stereocenters. The maximum Gasteiger partial charge on any atom is 0.130 e. The fourth-order valence-corrected chi connectivity index (χ4v) is 2.69. The molecule has 0 fully saturated rings. The second-order valence-corrected chi connectivity index (χ2v) is 5.21. The van der Waals surface area contributed by atoms with Crippen LogP contribution in [0.4, 0.5) is 8.78 Å². The number of aromatic nitrogens is 1. The Bertz CT molecular complexity index is 676. The fourth-order valence-electron chi connectivity index (χ4n) is 2.69. The zero-order chi connectivity index (χ0) is 14.1. The molecule has 20 heavy (non-hydrogen) atoms. The number of halogens is 2. The third-order valence-corrected chi connectivity index (χ3v) is 3.79. The average molecular weight is 271 g/mol. The van der Waals surface area contributed by atoms with Crippen LogP contribution in [0.1, 0.15) is 42.5 Å². The highest BCUT2D eigenvalue weighted by atomic mass is 19.1. The highest BCUT2D eigenvalue weighted by Crippen LogP contribution is 2.35. The van der Waals surface area contributed by atoms with Gasteiger partial charge in [-0.05, 0) is 60.2 Å². The number of allylic oxidation sites excluding steroid dienone is 1. The molecule has 1 aliphatic carbocycles. The van der Waals surface area contributed by atoms with Crippen molar-refractivity contribution in [1.29, 1.82) is 0 Å². The Balaban J connectivity index is 2.12. The highest BCUT2D eigenvalue weighted by molar-refractivity contribution is 5.83. The zero-order valence-electron chi connectivity index (χ0n) is 11.2. The zero-order valence-corrected chi connectivity index (χ0v) is 11.2. The maximum absolute atomic E-state index is 13.9. The predicted octanol–water partition coefficient (Wildman–Crippen LogP) is 4.80. The molecule has 1 heterocycles. The van der Waals surface area contributed by atoms with Gasteiger partial charge in [0.2, 0.25) is 0 Å². The van der Waals surface area contributed by atoms with Gasteiger partial charge in [-0.1, -0.05) is 13.0 Å². The van der Waals surface area contributed by atoms with Gasteiger partial charge in [0, 0.05) is 11.8 Å².